The van der Waals surface area contributed by atoms with Gasteiger partial charge in [-0.05, 0) is 43.7 Å². The maximum Gasteiger partial charge on any atom is 0.184 e. The topological polar surface area (TPSA) is 58.7 Å². The van der Waals surface area contributed by atoms with Gasteiger partial charge in [0.25, 0.3) is 0 Å². The van der Waals surface area contributed by atoms with E-state index in [-0.39, 0.29) is 48.5 Å². The lowest BCUT2D eigenvalue weighted by atomic mass is 9.81. The summed E-state index contributed by atoms with van der Waals surface area (Å²) in [5, 5.41) is 0. The first kappa shape index (κ1) is 24.5. The zero-order valence-corrected chi connectivity index (χ0v) is 21.1. The van der Waals surface area contributed by atoms with Crippen LogP contribution in [-0.4, -0.2) is 55.1 Å². The van der Waals surface area contributed by atoms with Crippen molar-refractivity contribution in [3.63, 3.8) is 0 Å². The second kappa shape index (κ2) is 10.9. The molecule has 0 aromatic heterocycles. The van der Waals surface area contributed by atoms with Gasteiger partial charge >= 0.3 is 0 Å². The van der Waals surface area contributed by atoms with Crippen LogP contribution in [0.1, 0.15) is 56.6 Å². The summed E-state index contributed by atoms with van der Waals surface area (Å²) in [5.41, 5.74) is 2.06. The van der Waals surface area contributed by atoms with Crippen molar-refractivity contribution in [3.8, 4) is 0 Å². The molecule has 0 amide bonds. The molecule has 4 saturated heterocycles. The number of rotatable bonds is 9. The molecule has 2 aromatic rings. The van der Waals surface area contributed by atoms with E-state index in [1.807, 2.05) is 24.3 Å². The van der Waals surface area contributed by atoms with E-state index in [1.165, 1.54) is 11.1 Å². The van der Waals surface area contributed by atoms with Gasteiger partial charge in [0, 0.05) is 19.4 Å². The Morgan fingerprint density at radius 1 is 0.861 bits per heavy atom. The van der Waals surface area contributed by atoms with Crippen LogP contribution in [0.3, 0.4) is 0 Å². The molecule has 2 aromatic carbocycles. The molecule has 8 atom stereocenters. The van der Waals surface area contributed by atoms with E-state index < -0.39 is 0 Å². The van der Waals surface area contributed by atoms with Gasteiger partial charge in [0.1, 0.15) is 12.2 Å². The van der Waals surface area contributed by atoms with Gasteiger partial charge in [0.2, 0.25) is 0 Å². The maximum absolute atomic E-state index is 6.82. The predicted molar refractivity (Wildman–Crippen MR) is 134 cm³/mol. The molecule has 4 heterocycles. The van der Waals surface area contributed by atoms with Gasteiger partial charge in [-0.15, -0.1) is 0 Å². The minimum atomic E-state index is -0.326. The highest BCUT2D eigenvalue weighted by Gasteiger charge is 2.57. The molecule has 0 N–H and O–H groups in total. The van der Waals surface area contributed by atoms with Crippen LogP contribution in [0.25, 0.3) is 0 Å². The quantitative estimate of drug-likeness (QED) is 0.354. The minimum Gasteiger partial charge on any atom is -0.377 e. The highest BCUT2D eigenvalue weighted by molar-refractivity contribution is 5.14. The Morgan fingerprint density at radius 2 is 1.61 bits per heavy atom. The molecule has 0 radical (unpaired) electrons. The smallest absolute Gasteiger partial charge is 0.184 e. The van der Waals surface area contributed by atoms with Crippen LogP contribution in [0.4, 0.5) is 0 Å². The summed E-state index contributed by atoms with van der Waals surface area (Å²) in [5.74, 6) is 0. The third-order valence-electron chi connectivity index (χ3n) is 8.12. The summed E-state index contributed by atoms with van der Waals surface area (Å²) in [6.45, 7) is 4.15. The van der Waals surface area contributed by atoms with Crippen LogP contribution >= 0.6 is 0 Å². The molecule has 6 rings (SSSR count). The van der Waals surface area contributed by atoms with Crippen molar-refractivity contribution in [2.24, 2.45) is 0 Å². The predicted octanol–water partition coefficient (Wildman–Crippen LogP) is 5.18. The van der Waals surface area contributed by atoms with E-state index in [0.29, 0.717) is 13.2 Å². The second-order valence-corrected chi connectivity index (χ2v) is 10.9. The van der Waals surface area contributed by atoms with Gasteiger partial charge in [-0.2, -0.15) is 0 Å². The number of fused-ring (bicyclic) bond motifs is 3. The van der Waals surface area contributed by atoms with Gasteiger partial charge in [-0.3, -0.25) is 0 Å². The van der Waals surface area contributed by atoms with Crippen LogP contribution in [0.2, 0.25) is 0 Å². The van der Waals surface area contributed by atoms with Gasteiger partial charge in [-0.1, -0.05) is 60.7 Å². The van der Waals surface area contributed by atoms with E-state index in [0.717, 1.165) is 45.1 Å². The van der Waals surface area contributed by atoms with Crippen molar-refractivity contribution < 1.29 is 28.4 Å². The summed E-state index contributed by atoms with van der Waals surface area (Å²) in [6, 6.07) is 20.7. The average Bonchev–Trinajstić information content (AvgIpc) is 3.67. The van der Waals surface area contributed by atoms with Crippen molar-refractivity contribution in [2.45, 2.75) is 107 Å². The molecule has 4 aliphatic heterocycles. The van der Waals surface area contributed by atoms with Gasteiger partial charge in [-0.25, -0.2) is 0 Å². The molecule has 0 aliphatic carbocycles. The molecule has 36 heavy (non-hydrogen) atoms. The first-order valence-electron chi connectivity index (χ1n) is 13.6. The number of benzene rings is 2. The summed E-state index contributed by atoms with van der Waals surface area (Å²) in [7, 11) is 0. The van der Waals surface area contributed by atoms with Crippen LogP contribution < -0.4 is 0 Å². The zero-order chi connectivity index (χ0) is 24.4. The second-order valence-electron chi connectivity index (χ2n) is 10.9. The summed E-state index contributed by atoms with van der Waals surface area (Å²) in [6.07, 6.45) is 5.62. The Labute approximate surface area is 214 Å². The molecule has 0 spiro atoms. The fraction of sp³-hybridized carbons (Fsp3) is 0.600. The minimum absolute atomic E-state index is 0.00833. The summed E-state index contributed by atoms with van der Waals surface area (Å²) >= 11 is 0. The molecular formula is C30H38O6. The first-order chi connectivity index (χ1) is 17.7. The Balaban J connectivity index is 1.08. The van der Waals surface area contributed by atoms with Crippen molar-refractivity contribution >= 4 is 0 Å². The number of ether oxygens (including phenoxy) is 6. The molecule has 0 saturated carbocycles. The molecule has 0 unspecified atom stereocenters. The molecule has 194 valence electrons. The SMILES string of the molecule is C[C@@]12CC[C@@H]3O[C@H]3O[C@H]1C[C@H]1O[C@H](CCCOCc3ccccc3)C[C@H](OCc3ccccc3)[C@@H]1O2. The van der Waals surface area contributed by atoms with Crippen LogP contribution in [0.5, 0.6) is 0 Å². The Bertz CT molecular complexity index is 970. The monoisotopic (exact) mass is 494 g/mol. The van der Waals surface area contributed by atoms with Crippen LogP contribution in [0, 0.1) is 0 Å². The Hall–Kier alpha value is -1.80. The molecule has 4 aliphatic rings. The van der Waals surface area contributed by atoms with Crippen LogP contribution in [0.15, 0.2) is 60.7 Å². The van der Waals surface area contributed by atoms with Gasteiger partial charge < -0.3 is 28.4 Å². The summed E-state index contributed by atoms with van der Waals surface area (Å²) < 4.78 is 37.9. The maximum atomic E-state index is 6.82. The van der Waals surface area contributed by atoms with E-state index in [2.05, 4.69) is 43.3 Å². The fourth-order valence-corrected chi connectivity index (χ4v) is 5.97. The average molecular weight is 495 g/mol. The lowest BCUT2D eigenvalue weighted by Crippen LogP contribution is -2.62. The number of hydrogen-bond donors (Lipinski definition) is 0. The molecule has 6 nitrogen and oxygen atoms in total. The highest BCUT2D eigenvalue weighted by Crippen LogP contribution is 2.47. The molecule has 0 bridgehead atoms. The summed E-state index contributed by atoms with van der Waals surface area (Å²) in [4.78, 5) is 0. The highest BCUT2D eigenvalue weighted by atomic mass is 16.8. The first-order valence-corrected chi connectivity index (χ1v) is 13.6. The van der Waals surface area contributed by atoms with Gasteiger partial charge in [0.05, 0.1) is 43.2 Å². The van der Waals surface area contributed by atoms with Crippen molar-refractivity contribution in [1.29, 1.82) is 0 Å². The largest absolute Gasteiger partial charge is 0.377 e. The van der Waals surface area contributed by atoms with Crippen molar-refractivity contribution in [2.75, 3.05) is 6.61 Å². The zero-order valence-electron chi connectivity index (χ0n) is 21.1. The number of hydrogen-bond acceptors (Lipinski definition) is 6. The number of epoxide rings is 1. The van der Waals surface area contributed by atoms with E-state index >= 15 is 0 Å². The molecular weight excluding hydrogens is 456 g/mol. The third kappa shape index (κ3) is 5.69. The Morgan fingerprint density at radius 3 is 2.39 bits per heavy atom. The Kier molecular flexibility index (Phi) is 7.43. The lowest BCUT2D eigenvalue weighted by Gasteiger charge is -2.52. The lowest BCUT2D eigenvalue weighted by molar-refractivity contribution is -0.299. The van der Waals surface area contributed by atoms with Crippen molar-refractivity contribution in [3.05, 3.63) is 71.8 Å². The van der Waals surface area contributed by atoms with E-state index in [1.54, 1.807) is 0 Å². The van der Waals surface area contributed by atoms with Gasteiger partial charge in [0.15, 0.2) is 6.29 Å². The molecule has 4 fully saturated rings. The normalized spacial score (nSPS) is 37.3. The molecule has 6 heteroatoms. The standard InChI is InChI=1S/C30H38O6/c1-30-15-14-24-29(34-24)35-27(30)18-26-28(36-30)25(32-20-22-11-6-3-7-12-22)17-23(33-26)13-8-16-31-19-21-9-4-2-5-10-21/h2-7,9-12,23-29H,8,13-20H2,1H3/t23-,24+,25+,26-,27+,28+,29+,30-/m1/s1. The van der Waals surface area contributed by atoms with Crippen molar-refractivity contribution in [1.82, 2.24) is 0 Å². The van der Waals surface area contributed by atoms with E-state index in [4.69, 9.17) is 28.4 Å². The van der Waals surface area contributed by atoms with Crippen LogP contribution in [-0.2, 0) is 41.6 Å². The van der Waals surface area contributed by atoms with E-state index in [9.17, 15) is 0 Å². The third-order valence-corrected chi connectivity index (χ3v) is 8.12. The fourth-order valence-electron chi connectivity index (χ4n) is 5.97.